The molecule has 0 saturated carbocycles. The lowest BCUT2D eigenvalue weighted by atomic mass is 9.87. The van der Waals surface area contributed by atoms with E-state index in [-0.39, 0.29) is 11.9 Å². The number of ketones is 1. The number of hydrogen-bond acceptors (Lipinski definition) is 4. The third-order valence-electron chi connectivity index (χ3n) is 3.56. The number of Topliss-reactive ketones (excluding diaryl/α,β-unsaturated/α-hetero) is 1. The number of carbonyl (C=O) groups is 1. The molecule has 18 heavy (non-hydrogen) atoms. The average Bonchev–Trinajstić information content (AvgIpc) is 2.36. The molecule has 1 aliphatic heterocycles. The maximum atomic E-state index is 12.1. The van der Waals surface area contributed by atoms with Gasteiger partial charge in [-0.05, 0) is 26.0 Å². The highest BCUT2D eigenvalue weighted by molar-refractivity contribution is 6.00. The standard InChI is InChI=1S/C14H18O4/c1-9(16-3)14(2)8-12(15)11-6-5-10(17-4)7-13(11)18-14/h5-7,9H,8H2,1-4H3. The van der Waals surface area contributed by atoms with E-state index < -0.39 is 5.60 Å². The van der Waals surface area contributed by atoms with E-state index in [1.165, 1.54) is 0 Å². The molecule has 2 rings (SSSR count). The first-order chi connectivity index (χ1) is 8.50. The largest absolute Gasteiger partial charge is 0.497 e. The summed E-state index contributed by atoms with van der Waals surface area (Å²) in [6.45, 7) is 3.79. The van der Waals surface area contributed by atoms with Gasteiger partial charge in [-0.3, -0.25) is 4.79 Å². The third kappa shape index (κ3) is 2.08. The summed E-state index contributed by atoms with van der Waals surface area (Å²) in [6.07, 6.45) is 0.155. The zero-order valence-electron chi connectivity index (χ0n) is 11.1. The Bertz CT molecular complexity index is 469. The van der Waals surface area contributed by atoms with Gasteiger partial charge in [-0.15, -0.1) is 0 Å². The van der Waals surface area contributed by atoms with E-state index in [1.54, 1.807) is 32.4 Å². The number of rotatable bonds is 3. The molecule has 0 spiro atoms. The maximum absolute atomic E-state index is 12.1. The number of benzene rings is 1. The summed E-state index contributed by atoms with van der Waals surface area (Å²) in [5, 5.41) is 0. The van der Waals surface area contributed by atoms with Crippen molar-refractivity contribution in [1.29, 1.82) is 0 Å². The average molecular weight is 250 g/mol. The van der Waals surface area contributed by atoms with Crippen LogP contribution in [0.3, 0.4) is 0 Å². The minimum absolute atomic E-state index is 0.0744. The first-order valence-electron chi connectivity index (χ1n) is 5.93. The van der Waals surface area contributed by atoms with Gasteiger partial charge in [-0.2, -0.15) is 0 Å². The number of hydrogen-bond donors (Lipinski definition) is 0. The Morgan fingerprint density at radius 3 is 2.72 bits per heavy atom. The molecule has 0 aromatic heterocycles. The number of methoxy groups -OCH3 is 2. The lowest BCUT2D eigenvalue weighted by Gasteiger charge is -2.38. The molecule has 0 fully saturated rings. The van der Waals surface area contributed by atoms with E-state index in [9.17, 15) is 4.79 Å². The van der Waals surface area contributed by atoms with E-state index in [2.05, 4.69) is 0 Å². The van der Waals surface area contributed by atoms with Crippen LogP contribution in [-0.4, -0.2) is 31.7 Å². The minimum Gasteiger partial charge on any atom is -0.497 e. The van der Waals surface area contributed by atoms with Crippen molar-refractivity contribution in [2.75, 3.05) is 14.2 Å². The molecule has 0 N–H and O–H groups in total. The van der Waals surface area contributed by atoms with Gasteiger partial charge in [-0.1, -0.05) is 0 Å². The molecule has 0 radical (unpaired) electrons. The fourth-order valence-corrected chi connectivity index (χ4v) is 2.12. The second kappa shape index (κ2) is 4.61. The molecule has 98 valence electrons. The predicted octanol–water partition coefficient (Wildman–Crippen LogP) is 2.45. The van der Waals surface area contributed by atoms with E-state index in [1.807, 2.05) is 13.8 Å². The zero-order chi connectivity index (χ0) is 13.3. The fourth-order valence-electron chi connectivity index (χ4n) is 2.12. The van der Waals surface area contributed by atoms with Gasteiger partial charge < -0.3 is 14.2 Å². The van der Waals surface area contributed by atoms with Crippen LogP contribution in [0.15, 0.2) is 18.2 Å². The van der Waals surface area contributed by atoms with Crippen molar-refractivity contribution >= 4 is 5.78 Å². The molecule has 0 aliphatic carbocycles. The van der Waals surface area contributed by atoms with Crippen molar-refractivity contribution in [3.8, 4) is 11.5 Å². The SMILES string of the molecule is COc1ccc2c(c1)OC(C)(C(C)OC)CC2=O. The lowest BCUT2D eigenvalue weighted by molar-refractivity contribution is -0.0588. The molecule has 1 aromatic rings. The van der Waals surface area contributed by atoms with Gasteiger partial charge in [0.05, 0.1) is 25.2 Å². The van der Waals surface area contributed by atoms with Gasteiger partial charge in [-0.25, -0.2) is 0 Å². The molecule has 0 saturated heterocycles. The van der Waals surface area contributed by atoms with Crippen molar-refractivity contribution in [3.63, 3.8) is 0 Å². The van der Waals surface area contributed by atoms with Crippen molar-refractivity contribution in [1.82, 2.24) is 0 Å². The van der Waals surface area contributed by atoms with Crippen LogP contribution in [0.5, 0.6) is 11.5 Å². The first kappa shape index (κ1) is 12.9. The van der Waals surface area contributed by atoms with Crippen molar-refractivity contribution in [2.45, 2.75) is 32.0 Å². The van der Waals surface area contributed by atoms with Gasteiger partial charge in [0.15, 0.2) is 5.78 Å². The Balaban J connectivity index is 2.40. The molecule has 1 aliphatic rings. The number of carbonyl (C=O) groups excluding carboxylic acids is 1. The van der Waals surface area contributed by atoms with Gasteiger partial charge in [0.1, 0.15) is 17.1 Å². The summed E-state index contributed by atoms with van der Waals surface area (Å²) >= 11 is 0. The molecule has 0 amide bonds. The first-order valence-corrected chi connectivity index (χ1v) is 5.93. The highest BCUT2D eigenvalue weighted by Crippen LogP contribution is 2.37. The normalized spacial score (nSPS) is 24.1. The molecule has 1 heterocycles. The second-order valence-electron chi connectivity index (χ2n) is 4.75. The smallest absolute Gasteiger partial charge is 0.170 e. The molecular weight excluding hydrogens is 232 g/mol. The number of ether oxygens (including phenoxy) is 3. The Morgan fingerprint density at radius 2 is 2.11 bits per heavy atom. The van der Waals surface area contributed by atoms with Crippen LogP contribution in [0.2, 0.25) is 0 Å². The maximum Gasteiger partial charge on any atom is 0.170 e. The summed E-state index contributed by atoms with van der Waals surface area (Å²) in [5.41, 5.74) is -0.0258. The van der Waals surface area contributed by atoms with Gasteiger partial charge in [0.25, 0.3) is 0 Å². The molecule has 1 aromatic carbocycles. The zero-order valence-corrected chi connectivity index (χ0v) is 11.1. The van der Waals surface area contributed by atoms with Crippen LogP contribution in [0, 0.1) is 0 Å². The second-order valence-corrected chi connectivity index (χ2v) is 4.75. The Labute approximate surface area is 107 Å². The summed E-state index contributed by atoms with van der Waals surface area (Å²) < 4.78 is 16.4. The van der Waals surface area contributed by atoms with E-state index in [0.717, 1.165) is 0 Å². The van der Waals surface area contributed by atoms with Crippen LogP contribution >= 0.6 is 0 Å². The Kier molecular flexibility index (Phi) is 3.30. The third-order valence-corrected chi connectivity index (χ3v) is 3.56. The summed E-state index contributed by atoms with van der Waals surface area (Å²) in [4.78, 5) is 12.1. The molecular formula is C14H18O4. The predicted molar refractivity (Wildman–Crippen MR) is 67.4 cm³/mol. The highest BCUT2D eigenvalue weighted by atomic mass is 16.5. The van der Waals surface area contributed by atoms with Gasteiger partial charge in [0, 0.05) is 13.2 Å². The van der Waals surface area contributed by atoms with E-state index >= 15 is 0 Å². The quantitative estimate of drug-likeness (QED) is 0.826. The highest BCUT2D eigenvalue weighted by Gasteiger charge is 2.41. The minimum atomic E-state index is -0.634. The van der Waals surface area contributed by atoms with Crippen molar-refractivity contribution < 1.29 is 19.0 Å². The topological polar surface area (TPSA) is 44.8 Å². The van der Waals surface area contributed by atoms with Crippen LogP contribution in [0.1, 0.15) is 30.6 Å². The molecule has 2 unspecified atom stereocenters. The molecule has 4 nitrogen and oxygen atoms in total. The van der Waals surface area contributed by atoms with E-state index in [0.29, 0.717) is 23.5 Å². The lowest BCUT2D eigenvalue weighted by Crippen LogP contribution is -2.48. The van der Waals surface area contributed by atoms with Crippen molar-refractivity contribution in [3.05, 3.63) is 23.8 Å². The van der Waals surface area contributed by atoms with Crippen LogP contribution < -0.4 is 9.47 Å². The molecule has 2 atom stereocenters. The fraction of sp³-hybridized carbons (Fsp3) is 0.500. The summed E-state index contributed by atoms with van der Waals surface area (Å²) in [5.74, 6) is 1.32. The van der Waals surface area contributed by atoms with Crippen LogP contribution in [0.4, 0.5) is 0 Å². The van der Waals surface area contributed by atoms with Gasteiger partial charge >= 0.3 is 0 Å². The number of fused-ring (bicyclic) bond motifs is 1. The Morgan fingerprint density at radius 1 is 1.39 bits per heavy atom. The van der Waals surface area contributed by atoms with Crippen molar-refractivity contribution in [2.24, 2.45) is 0 Å². The van der Waals surface area contributed by atoms with Crippen LogP contribution in [-0.2, 0) is 4.74 Å². The van der Waals surface area contributed by atoms with Gasteiger partial charge in [0.2, 0.25) is 0 Å². The summed E-state index contributed by atoms with van der Waals surface area (Å²) in [7, 11) is 3.20. The monoisotopic (exact) mass is 250 g/mol. The molecule has 4 heteroatoms. The summed E-state index contributed by atoms with van der Waals surface area (Å²) in [6, 6.07) is 5.25. The van der Waals surface area contributed by atoms with Crippen LogP contribution in [0.25, 0.3) is 0 Å². The van der Waals surface area contributed by atoms with E-state index in [4.69, 9.17) is 14.2 Å². The molecule has 0 bridgehead atoms. The Hall–Kier alpha value is -1.55.